The molecular formula is C24H25ClN4O4. The second-order valence-electron chi connectivity index (χ2n) is 8.03. The number of anilines is 1. The molecular weight excluding hydrogens is 444 g/mol. The van der Waals surface area contributed by atoms with Crippen molar-refractivity contribution in [1.29, 1.82) is 0 Å². The van der Waals surface area contributed by atoms with E-state index in [-0.39, 0.29) is 17.7 Å². The number of rotatable bonds is 6. The van der Waals surface area contributed by atoms with Gasteiger partial charge in [0.25, 0.3) is 5.91 Å². The van der Waals surface area contributed by atoms with Crippen molar-refractivity contribution >= 4 is 29.1 Å². The Morgan fingerprint density at radius 2 is 1.91 bits per heavy atom. The van der Waals surface area contributed by atoms with E-state index in [1.165, 1.54) is 6.92 Å². The summed E-state index contributed by atoms with van der Waals surface area (Å²) in [4.78, 5) is 30.3. The van der Waals surface area contributed by atoms with Gasteiger partial charge in [0.2, 0.25) is 17.6 Å². The second kappa shape index (κ2) is 10.0. The van der Waals surface area contributed by atoms with Crippen molar-refractivity contribution in [2.75, 3.05) is 18.4 Å². The summed E-state index contributed by atoms with van der Waals surface area (Å²) in [7, 11) is 0. The van der Waals surface area contributed by atoms with E-state index in [2.05, 4.69) is 15.5 Å². The lowest BCUT2D eigenvalue weighted by Gasteiger charge is -2.32. The zero-order chi connectivity index (χ0) is 23.4. The molecule has 1 N–H and O–H groups in total. The lowest BCUT2D eigenvalue weighted by Crippen LogP contribution is -2.44. The number of amides is 2. The van der Waals surface area contributed by atoms with E-state index >= 15 is 0 Å². The van der Waals surface area contributed by atoms with Crippen molar-refractivity contribution in [3.8, 4) is 17.1 Å². The van der Waals surface area contributed by atoms with Gasteiger partial charge >= 0.3 is 0 Å². The number of aromatic nitrogens is 2. The molecule has 3 aromatic rings. The van der Waals surface area contributed by atoms with Crippen LogP contribution in [0.3, 0.4) is 0 Å². The van der Waals surface area contributed by atoms with Gasteiger partial charge in [-0.25, -0.2) is 0 Å². The van der Waals surface area contributed by atoms with Crippen LogP contribution in [-0.4, -0.2) is 46.0 Å². The molecule has 0 saturated carbocycles. The molecule has 2 heterocycles. The molecule has 33 heavy (non-hydrogen) atoms. The van der Waals surface area contributed by atoms with Crippen LogP contribution in [0.1, 0.15) is 38.5 Å². The Hall–Kier alpha value is -3.39. The molecule has 1 aliphatic rings. The zero-order valence-electron chi connectivity index (χ0n) is 18.5. The van der Waals surface area contributed by atoms with Crippen LogP contribution in [-0.2, 0) is 9.59 Å². The molecule has 0 bridgehead atoms. The van der Waals surface area contributed by atoms with Crippen LogP contribution in [0.4, 0.5) is 5.69 Å². The number of likely N-dealkylation sites (tertiary alicyclic amines) is 1. The smallest absolute Gasteiger partial charge is 0.263 e. The maximum atomic E-state index is 12.8. The fraction of sp³-hybridized carbons (Fsp3) is 0.333. The van der Waals surface area contributed by atoms with E-state index in [1.807, 2.05) is 17.0 Å². The first kappa shape index (κ1) is 22.8. The molecule has 0 unspecified atom stereocenters. The first-order chi connectivity index (χ1) is 15.9. The first-order valence-corrected chi connectivity index (χ1v) is 11.2. The van der Waals surface area contributed by atoms with Gasteiger partial charge < -0.3 is 19.5 Å². The molecule has 172 valence electrons. The highest BCUT2D eigenvalue weighted by molar-refractivity contribution is 6.30. The van der Waals surface area contributed by atoms with E-state index in [4.69, 9.17) is 20.9 Å². The Kier molecular flexibility index (Phi) is 6.93. The fourth-order valence-corrected chi connectivity index (χ4v) is 4.00. The number of carbonyl (C=O) groups excluding carboxylic acids is 2. The van der Waals surface area contributed by atoms with Gasteiger partial charge in [-0.15, -0.1) is 0 Å². The Labute approximate surface area is 196 Å². The minimum atomic E-state index is -0.601. The minimum Gasteiger partial charge on any atom is -0.481 e. The maximum Gasteiger partial charge on any atom is 0.263 e. The van der Waals surface area contributed by atoms with Gasteiger partial charge in [-0.3, -0.25) is 9.59 Å². The van der Waals surface area contributed by atoms with Crippen molar-refractivity contribution in [2.24, 2.45) is 0 Å². The molecule has 0 spiro atoms. The zero-order valence-corrected chi connectivity index (χ0v) is 19.2. The fourth-order valence-electron chi connectivity index (χ4n) is 3.82. The summed E-state index contributed by atoms with van der Waals surface area (Å²) < 4.78 is 11.3. The number of carbonyl (C=O) groups is 2. The van der Waals surface area contributed by atoms with Crippen molar-refractivity contribution in [3.63, 3.8) is 0 Å². The van der Waals surface area contributed by atoms with E-state index < -0.39 is 6.10 Å². The van der Waals surface area contributed by atoms with Crippen LogP contribution < -0.4 is 10.1 Å². The van der Waals surface area contributed by atoms with Crippen molar-refractivity contribution in [1.82, 2.24) is 15.0 Å². The summed E-state index contributed by atoms with van der Waals surface area (Å²) in [6, 6.07) is 14.3. The van der Waals surface area contributed by atoms with Gasteiger partial charge in [-0.05, 0) is 62.2 Å². The lowest BCUT2D eigenvalue weighted by molar-refractivity contribution is -0.139. The van der Waals surface area contributed by atoms with Gasteiger partial charge in [0.05, 0.1) is 0 Å². The van der Waals surface area contributed by atoms with Crippen LogP contribution in [0.15, 0.2) is 53.1 Å². The Balaban J connectivity index is 1.32. The highest BCUT2D eigenvalue weighted by Crippen LogP contribution is 2.29. The van der Waals surface area contributed by atoms with Gasteiger partial charge in [0.15, 0.2) is 6.10 Å². The predicted molar refractivity (Wildman–Crippen MR) is 124 cm³/mol. The number of nitrogens with one attached hydrogen (secondary N) is 1. The summed E-state index contributed by atoms with van der Waals surface area (Å²) in [6.07, 6.45) is 0.868. The quantitative estimate of drug-likeness (QED) is 0.571. The molecule has 1 fully saturated rings. The molecule has 4 rings (SSSR count). The SMILES string of the molecule is CC(=O)Nc1ccc(-c2noc(C3CCN(C(=O)[C@@H](C)Oc4cccc(Cl)c4)CC3)n2)cc1. The monoisotopic (exact) mass is 468 g/mol. The van der Waals surface area contributed by atoms with Gasteiger partial charge in [0, 0.05) is 42.2 Å². The van der Waals surface area contributed by atoms with Crippen LogP contribution in [0.25, 0.3) is 11.4 Å². The van der Waals surface area contributed by atoms with E-state index in [0.29, 0.717) is 41.3 Å². The molecule has 1 saturated heterocycles. The number of nitrogens with zero attached hydrogens (tertiary/aromatic N) is 3. The van der Waals surface area contributed by atoms with Crippen LogP contribution in [0.5, 0.6) is 5.75 Å². The molecule has 0 aliphatic carbocycles. The Bertz CT molecular complexity index is 1120. The molecule has 1 aromatic heterocycles. The van der Waals surface area contributed by atoms with E-state index in [0.717, 1.165) is 18.4 Å². The van der Waals surface area contributed by atoms with Crippen LogP contribution in [0.2, 0.25) is 5.02 Å². The number of ether oxygens (including phenoxy) is 1. The van der Waals surface area contributed by atoms with Crippen LogP contribution >= 0.6 is 11.6 Å². The Morgan fingerprint density at radius 1 is 1.18 bits per heavy atom. The molecule has 2 amide bonds. The summed E-state index contributed by atoms with van der Waals surface area (Å²) >= 11 is 5.99. The van der Waals surface area contributed by atoms with Crippen molar-refractivity contribution in [3.05, 3.63) is 59.4 Å². The van der Waals surface area contributed by atoms with E-state index in [9.17, 15) is 9.59 Å². The number of hydrogen-bond donors (Lipinski definition) is 1. The Morgan fingerprint density at radius 3 is 2.58 bits per heavy atom. The number of benzene rings is 2. The topological polar surface area (TPSA) is 97.6 Å². The summed E-state index contributed by atoms with van der Waals surface area (Å²) in [5.74, 6) is 1.56. The molecule has 8 nitrogen and oxygen atoms in total. The normalized spacial score (nSPS) is 15.2. The lowest BCUT2D eigenvalue weighted by atomic mass is 9.96. The van der Waals surface area contributed by atoms with Gasteiger partial charge in [-0.2, -0.15) is 4.98 Å². The summed E-state index contributed by atoms with van der Waals surface area (Å²) in [6.45, 7) is 4.40. The minimum absolute atomic E-state index is 0.0566. The predicted octanol–water partition coefficient (Wildman–Crippen LogP) is 4.52. The third kappa shape index (κ3) is 5.70. The number of hydrogen-bond acceptors (Lipinski definition) is 6. The molecule has 1 aliphatic heterocycles. The summed E-state index contributed by atoms with van der Waals surface area (Å²) in [5, 5.41) is 7.40. The first-order valence-electron chi connectivity index (χ1n) is 10.8. The van der Waals surface area contributed by atoms with Crippen LogP contribution in [0, 0.1) is 0 Å². The largest absolute Gasteiger partial charge is 0.481 e. The number of piperidine rings is 1. The average Bonchev–Trinajstić information content (AvgIpc) is 3.29. The van der Waals surface area contributed by atoms with Crippen molar-refractivity contribution < 1.29 is 18.8 Å². The molecule has 9 heteroatoms. The van der Waals surface area contributed by atoms with Crippen molar-refractivity contribution in [2.45, 2.75) is 38.7 Å². The van der Waals surface area contributed by atoms with Gasteiger partial charge in [-0.1, -0.05) is 22.8 Å². The third-order valence-electron chi connectivity index (χ3n) is 5.52. The third-order valence-corrected chi connectivity index (χ3v) is 5.75. The van der Waals surface area contributed by atoms with E-state index in [1.54, 1.807) is 43.3 Å². The second-order valence-corrected chi connectivity index (χ2v) is 8.47. The molecule has 2 aromatic carbocycles. The molecule has 0 radical (unpaired) electrons. The molecule has 1 atom stereocenters. The van der Waals surface area contributed by atoms with Gasteiger partial charge in [0.1, 0.15) is 5.75 Å². The highest BCUT2D eigenvalue weighted by Gasteiger charge is 2.30. The standard InChI is InChI=1S/C24H25ClN4O4/c1-15(32-21-5-3-4-19(25)14-21)24(31)29-12-10-18(11-13-29)23-27-22(28-33-23)17-6-8-20(9-7-17)26-16(2)30/h3-9,14-15,18H,10-13H2,1-2H3,(H,26,30)/t15-/m1/s1. The average molecular weight is 469 g/mol. The summed E-state index contributed by atoms with van der Waals surface area (Å²) in [5.41, 5.74) is 1.51. The number of halogens is 1. The maximum absolute atomic E-state index is 12.8. The highest BCUT2D eigenvalue weighted by atomic mass is 35.5.